The fourth-order valence-electron chi connectivity index (χ4n) is 6.87. The van der Waals surface area contributed by atoms with Crippen LogP contribution < -0.4 is 0 Å². The Morgan fingerprint density at radius 2 is 1.44 bits per heavy atom. The van der Waals surface area contributed by atoms with Gasteiger partial charge in [-0.2, -0.15) is 0 Å². The molecule has 6 aromatic rings. The van der Waals surface area contributed by atoms with Gasteiger partial charge in [0.15, 0.2) is 0 Å². The standard InChI is InChI=1S/C42H35N/c1-2-15-30(18-12-20-32-19-10-11-29-43-32)33-25-13-27-35-34(33)26-14-28-36(35)42-39-23-8-6-21-37(39)41(31-16-4-3-5-17-31)38-22-7-9-24-40(38)42/h2,4,6-16,18-19,21-29,31H,1,3,5,17,20H2/b18-12-,30-15+. The maximum Gasteiger partial charge on any atom is 0.0441 e. The van der Waals surface area contributed by atoms with Crippen LogP contribution in [0.5, 0.6) is 0 Å². The summed E-state index contributed by atoms with van der Waals surface area (Å²) < 4.78 is 0. The van der Waals surface area contributed by atoms with E-state index in [9.17, 15) is 0 Å². The molecule has 1 heterocycles. The van der Waals surface area contributed by atoms with Crippen LogP contribution in [0.25, 0.3) is 49.0 Å². The Hall–Kier alpha value is -5.01. The van der Waals surface area contributed by atoms with Gasteiger partial charge in [0.25, 0.3) is 0 Å². The second-order valence-electron chi connectivity index (χ2n) is 11.3. The highest BCUT2D eigenvalue weighted by Gasteiger charge is 2.22. The summed E-state index contributed by atoms with van der Waals surface area (Å²) in [5.41, 5.74) is 7.46. The lowest BCUT2D eigenvalue weighted by molar-refractivity contribution is 0.660. The third-order valence-corrected chi connectivity index (χ3v) is 8.75. The first-order valence-corrected chi connectivity index (χ1v) is 15.3. The molecule has 1 aliphatic carbocycles. The van der Waals surface area contributed by atoms with Crippen LogP contribution in [0.3, 0.4) is 0 Å². The summed E-state index contributed by atoms with van der Waals surface area (Å²) in [7, 11) is 0. The molecule has 0 saturated heterocycles. The molecule has 0 spiro atoms. The monoisotopic (exact) mass is 553 g/mol. The third-order valence-electron chi connectivity index (χ3n) is 8.75. The summed E-state index contributed by atoms with van der Waals surface area (Å²) in [4.78, 5) is 4.48. The van der Waals surface area contributed by atoms with Crippen LogP contribution >= 0.6 is 0 Å². The molecular weight excluding hydrogens is 518 g/mol. The summed E-state index contributed by atoms with van der Waals surface area (Å²) in [5, 5.41) is 7.88. The summed E-state index contributed by atoms with van der Waals surface area (Å²) in [6.07, 6.45) is 19.5. The van der Waals surface area contributed by atoms with Crippen LogP contribution in [0.4, 0.5) is 0 Å². The quantitative estimate of drug-likeness (QED) is 0.109. The van der Waals surface area contributed by atoms with Crippen molar-refractivity contribution in [3.05, 3.63) is 169 Å². The van der Waals surface area contributed by atoms with E-state index >= 15 is 0 Å². The van der Waals surface area contributed by atoms with Crippen molar-refractivity contribution in [2.75, 3.05) is 0 Å². The molecule has 7 rings (SSSR count). The van der Waals surface area contributed by atoms with Crippen molar-refractivity contribution in [3.8, 4) is 11.1 Å². The van der Waals surface area contributed by atoms with E-state index in [-0.39, 0.29) is 0 Å². The number of pyridine rings is 1. The van der Waals surface area contributed by atoms with Crippen LogP contribution in [-0.4, -0.2) is 4.98 Å². The maximum atomic E-state index is 4.48. The van der Waals surface area contributed by atoms with Gasteiger partial charge in [-0.15, -0.1) is 0 Å². The van der Waals surface area contributed by atoms with Crippen LogP contribution in [0.15, 0.2) is 152 Å². The largest absolute Gasteiger partial charge is 0.261 e. The van der Waals surface area contributed by atoms with Crippen molar-refractivity contribution in [1.29, 1.82) is 0 Å². The lowest BCUT2D eigenvalue weighted by Gasteiger charge is -2.24. The van der Waals surface area contributed by atoms with Crippen LogP contribution in [-0.2, 0) is 6.42 Å². The van der Waals surface area contributed by atoms with Crippen molar-refractivity contribution in [2.24, 2.45) is 0 Å². The Labute approximate surface area is 254 Å². The van der Waals surface area contributed by atoms with Gasteiger partial charge in [0.05, 0.1) is 0 Å². The number of nitrogens with zero attached hydrogens (tertiary/aromatic N) is 1. The molecule has 0 amide bonds. The van der Waals surface area contributed by atoms with Crippen molar-refractivity contribution in [1.82, 2.24) is 4.98 Å². The van der Waals surface area contributed by atoms with Gasteiger partial charge < -0.3 is 0 Å². The number of fused-ring (bicyclic) bond motifs is 3. The van der Waals surface area contributed by atoms with Gasteiger partial charge in [-0.25, -0.2) is 0 Å². The van der Waals surface area contributed by atoms with Gasteiger partial charge in [-0.3, -0.25) is 4.98 Å². The van der Waals surface area contributed by atoms with Gasteiger partial charge in [0.1, 0.15) is 0 Å². The van der Waals surface area contributed by atoms with E-state index in [0.29, 0.717) is 5.92 Å². The number of aromatic nitrogens is 1. The Kier molecular flexibility index (Phi) is 7.54. The molecule has 1 aliphatic rings. The predicted molar refractivity (Wildman–Crippen MR) is 185 cm³/mol. The molecule has 208 valence electrons. The average Bonchev–Trinajstić information content (AvgIpc) is 3.07. The van der Waals surface area contributed by atoms with E-state index in [2.05, 4.69) is 133 Å². The molecule has 5 aromatic carbocycles. The highest BCUT2D eigenvalue weighted by atomic mass is 14.7. The highest BCUT2D eigenvalue weighted by Crippen LogP contribution is 2.46. The lowest BCUT2D eigenvalue weighted by Crippen LogP contribution is -2.02. The zero-order chi connectivity index (χ0) is 29.0. The molecule has 1 atom stereocenters. The minimum absolute atomic E-state index is 0.446. The smallest absolute Gasteiger partial charge is 0.0441 e. The van der Waals surface area contributed by atoms with Crippen molar-refractivity contribution < 1.29 is 0 Å². The molecule has 0 aliphatic heterocycles. The molecule has 1 unspecified atom stereocenters. The first-order valence-electron chi connectivity index (χ1n) is 15.3. The third kappa shape index (κ3) is 5.13. The molecule has 1 nitrogen and oxygen atoms in total. The van der Waals surface area contributed by atoms with Gasteiger partial charge in [-0.05, 0) is 91.5 Å². The van der Waals surface area contributed by atoms with E-state index < -0.39 is 0 Å². The number of benzene rings is 5. The number of hydrogen-bond donors (Lipinski definition) is 0. The Morgan fingerprint density at radius 1 is 0.744 bits per heavy atom. The molecule has 0 radical (unpaired) electrons. The lowest BCUT2D eigenvalue weighted by atomic mass is 9.80. The number of allylic oxidation sites excluding steroid dienone is 7. The molecule has 0 saturated carbocycles. The molecule has 0 fully saturated rings. The normalized spacial score (nSPS) is 15.5. The molecular formula is C42H35N. The number of rotatable bonds is 7. The van der Waals surface area contributed by atoms with E-state index in [1.165, 1.54) is 73.8 Å². The zero-order valence-corrected chi connectivity index (χ0v) is 24.4. The molecule has 1 aromatic heterocycles. The SMILES string of the molecule is C=C/C=C(\C=C/Cc1ccccn1)c1cccc2c(-c3c4ccccc4c(C4C=CCCC4)c4ccccc34)cccc12. The summed E-state index contributed by atoms with van der Waals surface area (Å²) in [6, 6.07) is 37.6. The first-order chi connectivity index (χ1) is 21.3. The topological polar surface area (TPSA) is 12.9 Å². The van der Waals surface area contributed by atoms with Crippen LogP contribution in [0, 0.1) is 0 Å². The Bertz CT molecular complexity index is 1980. The summed E-state index contributed by atoms with van der Waals surface area (Å²) in [5.74, 6) is 0.446. The first kappa shape index (κ1) is 26.9. The summed E-state index contributed by atoms with van der Waals surface area (Å²) >= 11 is 0. The van der Waals surface area contributed by atoms with E-state index in [1.54, 1.807) is 0 Å². The van der Waals surface area contributed by atoms with Gasteiger partial charge in [0.2, 0.25) is 0 Å². The van der Waals surface area contributed by atoms with E-state index in [0.717, 1.165) is 17.7 Å². The second-order valence-corrected chi connectivity index (χ2v) is 11.3. The van der Waals surface area contributed by atoms with Gasteiger partial charge in [-0.1, -0.05) is 134 Å². The van der Waals surface area contributed by atoms with Crippen LogP contribution in [0.1, 0.15) is 42.0 Å². The van der Waals surface area contributed by atoms with E-state index in [4.69, 9.17) is 0 Å². The van der Waals surface area contributed by atoms with Crippen LogP contribution in [0.2, 0.25) is 0 Å². The minimum atomic E-state index is 0.446. The second kappa shape index (κ2) is 12.1. The van der Waals surface area contributed by atoms with Crippen molar-refractivity contribution in [3.63, 3.8) is 0 Å². The molecule has 0 bridgehead atoms. The average molecular weight is 554 g/mol. The fraction of sp³-hybridized carbons (Fsp3) is 0.119. The van der Waals surface area contributed by atoms with Gasteiger partial charge >= 0.3 is 0 Å². The Morgan fingerprint density at radius 3 is 2.14 bits per heavy atom. The Balaban J connectivity index is 1.43. The minimum Gasteiger partial charge on any atom is -0.261 e. The molecule has 1 heteroatoms. The number of hydrogen-bond acceptors (Lipinski definition) is 1. The maximum absolute atomic E-state index is 4.48. The van der Waals surface area contributed by atoms with Crippen molar-refractivity contribution in [2.45, 2.75) is 31.6 Å². The van der Waals surface area contributed by atoms with Crippen molar-refractivity contribution >= 4 is 37.9 Å². The molecule has 43 heavy (non-hydrogen) atoms. The molecule has 0 N–H and O–H groups in total. The fourth-order valence-corrected chi connectivity index (χ4v) is 6.87. The van der Waals surface area contributed by atoms with E-state index in [1.807, 2.05) is 24.4 Å². The predicted octanol–water partition coefficient (Wildman–Crippen LogP) is 11.4. The zero-order valence-electron chi connectivity index (χ0n) is 24.4. The summed E-state index contributed by atoms with van der Waals surface area (Å²) in [6.45, 7) is 4.03. The van der Waals surface area contributed by atoms with Gasteiger partial charge in [0, 0.05) is 24.2 Å². The highest BCUT2D eigenvalue weighted by molar-refractivity contribution is 6.19.